The third kappa shape index (κ3) is 4.01. The molecule has 2 aliphatic rings. The van der Waals surface area contributed by atoms with Gasteiger partial charge in [-0.2, -0.15) is 0 Å². The van der Waals surface area contributed by atoms with Gasteiger partial charge in [-0.15, -0.1) is 0 Å². The summed E-state index contributed by atoms with van der Waals surface area (Å²) in [7, 11) is 2.11. The second kappa shape index (κ2) is 8.08. The lowest BCUT2D eigenvalue weighted by Crippen LogP contribution is -2.62. The zero-order chi connectivity index (χ0) is 18.6. The summed E-state index contributed by atoms with van der Waals surface area (Å²) in [4.78, 5) is 29.0. The lowest BCUT2D eigenvalue weighted by molar-refractivity contribution is -0.136. The van der Waals surface area contributed by atoms with Crippen LogP contribution in [0.2, 0.25) is 0 Å². The number of rotatable bonds is 4. The third-order valence-electron chi connectivity index (χ3n) is 5.70. The second-order valence-corrected chi connectivity index (χ2v) is 7.28. The van der Waals surface area contributed by atoms with E-state index in [1.54, 1.807) is 0 Å². The molecule has 142 valence electrons. The Morgan fingerprint density at radius 1 is 1.27 bits per heavy atom. The number of para-hydroxylation sites is 1. The van der Waals surface area contributed by atoms with Crippen LogP contribution in [0.5, 0.6) is 5.75 Å². The van der Waals surface area contributed by atoms with Crippen LogP contribution in [0.25, 0.3) is 0 Å². The van der Waals surface area contributed by atoms with Crippen molar-refractivity contribution in [2.75, 3.05) is 39.8 Å². The topological polar surface area (TPSA) is 61.9 Å². The number of piperazine rings is 1. The highest BCUT2D eigenvalue weighted by Crippen LogP contribution is 2.31. The predicted molar refractivity (Wildman–Crippen MR) is 100 cm³/mol. The first kappa shape index (κ1) is 18.7. The molecular formula is C20H29N3O3. The fraction of sp³-hybridized carbons (Fsp3) is 0.600. The molecule has 1 aromatic rings. The molecular weight excluding hydrogens is 330 g/mol. The largest absolute Gasteiger partial charge is 0.494 e. The van der Waals surface area contributed by atoms with Crippen LogP contribution in [-0.2, 0) is 16.0 Å². The molecule has 0 saturated carbocycles. The highest BCUT2D eigenvalue weighted by atomic mass is 16.5. The Morgan fingerprint density at radius 3 is 2.88 bits per heavy atom. The number of nitrogens with one attached hydrogen (secondary N) is 1. The number of amides is 2. The molecule has 0 bridgehead atoms. The number of hydrogen-bond donors (Lipinski definition) is 1. The quantitative estimate of drug-likeness (QED) is 0.884. The van der Waals surface area contributed by atoms with Crippen LogP contribution in [0.1, 0.15) is 31.7 Å². The monoisotopic (exact) mass is 359 g/mol. The van der Waals surface area contributed by atoms with Gasteiger partial charge in [-0.3, -0.25) is 14.5 Å². The summed E-state index contributed by atoms with van der Waals surface area (Å²) in [6, 6.07) is 7.75. The fourth-order valence-corrected chi connectivity index (χ4v) is 4.03. The van der Waals surface area contributed by atoms with E-state index in [0.29, 0.717) is 32.5 Å². The summed E-state index contributed by atoms with van der Waals surface area (Å²) in [5.74, 6) is 1.04. The van der Waals surface area contributed by atoms with E-state index in [2.05, 4.69) is 17.3 Å². The van der Waals surface area contributed by atoms with Crippen molar-refractivity contribution in [3.05, 3.63) is 29.8 Å². The molecule has 2 fully saturated rings. The normalized spacial score (nSPS) is 24.2. The minimum Gasteiger partial charge on any atom is -0.494 e. The molecule has 2 heterocycles. The van der Waals surface area contributed by atoms with E-state index < -0.39 is 0 Å². The van der Waals surface area contributed by atoms with Crippen LogP contribution in [0, 0.1) is 0 Å². The first-order valence-electron chi connectivity index (χ1n) is 9.50. The number of nitrogens with zero attached hydrogens (tertiary/aromatic N) is 2. The van der Waals surface area contributed by atoms with Gasteiger partial charge in [-0.1, -0.05) is 18.2 Å². The van der Waals surface area contributed by atoms with Crippen molar-refractivity contribution in [3.63, 3.8) is 0 Å². The van der Waals surface area contributed by atoms with E-state index >= 15 is 0 Å². The maximum atomic E-state index is 13.0. The Morgan fingerprint density at radius 2 is 2.08 bits per heavy atom. The van der Waals surface area contributed by atoms with Gasteiger partial charge in [-0.25, -0.2) is 0 Å². The van der Waals surface area contributed by atoms with Crippen molar-refractivity contribution in [2.45, 2.75) is 38.1 Å². The maximum Gasteiger partial charge on any atom is 0.227 e. The minimum atomic E-state index is -0.105. The fourth-order valence-electron chi connectivity index (χ4n) is 4.03. The summed E-state index contributed by atoms with van der Waals surface area (Å²) in [5.41, 5.74) is 0.831. The van der Waals surface area contributed by atoms with Crippen LogP contribution in [0.15, 0.2) is 24.3 Å². The van der Waals surface area contributed by atoms with E-state index in [1.165, 1.54) is 0 Å². The first-order valence-corrected chi connectivity index (χ1v) is 9.50. The minimum absolute atomic E-state index is 0.105. The van der Waals surface area contributed by atoms with E-state index in [-0.39, 0.29) is 17.4 Å². The summed E-state index contributed by atoms with van der Waals surface area (Å²) >= 11 is 0. The van der Waals surface area contributed by atoms with Crippen molar-refractivity contribution in [1.82, 2.24) is 15.1 Å². The Hall–Kier alpha value is -2.08. The van der Waals surface area contributed by atoms with Gasteiger partial charge in [0.15, 0.2) is 0 Å². The molecule has 2 amide bonds. The van der Waals surface area contributed by atoms with Gasteiger partial charge in [0.2, 0.25) is 11.8 Å². The van der Waals surface area contributed by atoms with Crippen molar-refractivity contribution < 1.29 is 14.3 Å². The average molecular weight is 359 g/mol. The van der Waals surface area contributed by atoms with Gasteiger partial charge in [-0.05, 0) is 32.9 Å². The van der Waals surface area contributed by atoms with Crippen LogP contribution in [0.4, 0.5) is 0 Å². The van der Waals surface area contributed by atoms with E-state index in [1.807, 2.05) is 36.1 Å². The predicted octanol–water partition coefficient (Wildman–Crippen LogP) is 1.44. The zero-order valence-corrected chi connectivity index (χ0v) is 15.8. The van der Waals surface area contributed by atoms with Gasteiger partial charge >= 0.3 is 0 Å². The van der Waals surface area contributed by atoms with Crippen LogP contribution in [0.3, 0.4) is 0 Å². The van der Waals surface area contributed by atoms with Crippen molar-refractivity contribution in [1.29, 1.82) is 0 Å². The molecule has 1 aromatic carbocycles. The Bertz CT molecular complexity index is 663. The highest BCUT2D eigenvalue weighted by molar-refractivity contribution is 5.80. The Kier molecular flexibility index (Phi) is 5.81. The molecule has 6 nitrogen and oxygen atoms in total. The molecule has 26 heavy (non-hydrogen) atoms. The SMILES string of the molecule is CCOc1ccccc1CC(=O)N1CCN(C)[C@]2(CCNC(=O)CC2)C1. The van der Waals surface area contributed by atoms with Gasteiger partial charge in [0, 0.05) is 43.7 Å². The number of hydrogen-bond acceptors (Lipinski definition) is 4. The van der Waals surface area contributed by atoms with E-state index in [9.17, 15) is 9.59 Å². The van der Waals surface area contributed by atoms with Crippen molar-refractivity contribution >= 4 is 11.8 Å². The van der Waals surface area contributed by atoms with Crippen LogP contribution < -0.4 is 10.1 Å². The maximum absolute atomic E-state index is 13.0. The Balaban J connectivity index is 1.71. The standard InChI is InChI=1S/C20H29N3O3/c1-3-26-17-7-5-4-6-16(17)14-19(25)23-13-12-22(2)20(15-23)9-8-18(24)21-11-10-20/h4-7H,3,8-15H2,1-2H3,(H,21,24)/t20-/m1/s1. The molecule has 0 aliphatic carbocycles. The molecule has 0 unspecified atom stereocenters. The van der Waals surface area contributed by atoms with E-state index in [0.717, 1.165) is 37.2 Å². The van der Waals surface area contributed by atoms with Gasteiger partial charge in [0.1, 0.15) is 5.75 Å². The summed E-state index contributed by atoms with van der Waals surface area (Å²) < 4.78 is 5.66. The van der Waals surface area contributed by atoms with E-state index in [4.69, 9.17) is 4.74 Å². The molecule has 6 heteroatoms. The number of carbonyl (C=O) groups is 2. The molecule has 2 saturated heterocycles. The third-order valence-corrected chi connectivity index (χ3v) is 5.70. The first-order chi connectivity index (χ1) is 12.5. The van der Waals surface area contributed by atoms with Gasteiger partial charge in [0.05, 0.1) is 13.0 Å². The molecule has 0 aromatic heterocycles. The lowest BCUT2D eigenvalue weighted by Gasteiger charge is -2.49. The van der Waals surface area contributed by atoms with Crippen molar-refractivity contribution in [2.24, 2.45) is 0 Å². The average Bonchev–Trinajstić information content (AvgIpc) is 2.82. The van der Waals surface area contributed by atoms with Crippen LogP contribution in [-0.4, -0.2) is 67.0 Å². The Labute approximate surface area is 155 Å². The summed E-state index contributed by atoms with van der Waals surface area (Å²) in [6.45, 7) is 5.48. The summed E-state index contributed by atoms with van der Waals surface area (Å²) in [5, 5.41) is 2.96. The second-order valence-electron chi connectivity index (χ2n) is 7.28. The molecule has 1 N–H and O–H groups in total. The van der Waals surface area contributed by atoms with Crippen molar-refractivity contribution in [3.8, 4) is 5.75 Å². The molecule has 0 radical (unpaired) electrons. The summed E-state index contributed by atoms with van der Waals surface area (Å²) in [6.07, 6.45) is 2.57. The molecule has 2 aliphatic heterocycles. The zero-order valence-electron chi connectivity index (χ0n) is 15.8. The lowest BCUT2D eigenvalue weighted by atomic mass is 9.86. The number of ether oxygens (including phenoxy) is 1. The smallest absolute Gasteiger partial charge is 0.227 e. The van der Waals surface area contributed by atoms with Gasteiger partial charge < -0.3 is 15.0 Å². The van der Waals surface area contributed by atoms with Gasteiger partial charge in [0.25, 0.3) is 0 Å². The number of benzene rings is 1. The molecule has 1 spiro atoms. The number of likely N-dealkylation sites (N-methyl/N-ethyl adjacent to an activating group) is 1. The molecule has 3 rings (SSSR count). The number of carbonyl (C=O) groups excluding carboxylic acids is 2. The molecule has 1 atom stereocenters. The van der Waals surface area contributed by atoms with Crippen LogP contribution >= 0.6 is 0 Å². The highest BCUT2D eigenvalue weighted by Gasteiger charge is 2.42.